The monoisotopic (exact) mass is 281 g/mol. The molecule has 0 atom stereocenters. The van der Waals surface area contributed by atoms with E-state index in [0.29, 0.717) is 0 Å². The van der Waals surface area contributed by atoms with Crippen LogP contribution < -0.4 is 5.73 Å². The van der Waals surface area contributed by atoms with Gasteiger partial charge in [0.05, 0.1) is 0 Å². The summed E-state index contributed by atoms with van der Waals surface area (Å²) in [7, 11) is 0. The molecule has 0 saturated heterocycles. The van der Waals surface area contributed by atoms with Crippen LogP contribution in [-0.4, -0.2) is 6.68 Å². The van der Waals surface area contributed by atoms with Crippen molar-refractivity contribution in [3.8, 4) is 0 Å². The van der Waals surface area contributed by atoms with Crippen molar-refractivity contribution in [3.63, 3.8) is 0 Å². The molecule has 1 nitrogen and oxygen atoms in total. The van der Waals surface area contributed by atoms with Crippen LogP contribution in [0.4, 0.5) is 0 Å². The zero-order valence-corrected chi connectivity index (χ0v) is 6.53. The van der Waals surface area contributed by atoms with E-state index in [4.69, 9.17) is 5.73 Å². The first-order valence-corrected chi connectivity index (χ1v) is 6.32. The fourth-order valence-corrected chi connectivity index (χ4v) is 0. The third-order valence-corrected chi connectivity index (χ3v) is 1.10. The molecule has 0 amide bonds. The molecule has 22 valence electrons. The molecular formula is C2H5NU. The molecule has 2 N–H and O–H groups in total. The first kappa shape index (κ1) is 4.75. The molecule has 2 heteroatoms. The van der Waals surface area contributed by atoms with E-state index >= 15 is 0 Å². The van der Waals surface area contributed by atoms with E-state index in [1.807, 2.05) is 0 Å². The first-order valence-electron chi connectivity index (χ1n) is 0.976. The van der Waals surface area contributed by atoms with Gasteiger partial charge in [-0.15, -0.1) is 0 Å². The topological polar surface area (TPSA) is 26.0 Å². The second kappa shape index (κ2) is 3.75. The van der Waals surface area contributed by atoms with E-state index < -0.39 is 26.7 Å². The van der Waals surface area contributed by atoms with Crippen LogP contribution in [0.3, 0.4) is 0 Å². The second-order valence-corrected chi connectivity index (χ2v) is 3.46. The normalized spacial score (nSPS) is 4.25. The quantitative estimate of drug-likeness (QED) is 0.619. The zero-order chi connectivity index (χ0) is 3.41. The van der Waals surface area contributed by atoms with Gasteiger partial charge in [-0.05, 0) is 0 Å². The van der Waals surface area contributed by atoms with Crippen molar-refractivity contribution in [2.75, 3.05) is 0 Å². The second-order valence-electron chi connectivity index (χ2n) is 0.371. The van der Waals surface area contributed by atoms with Crippen molar-refractivity contribution in [1.29, 1.82) is 0 Å². The average Bonchev–Trinajstić information content (AvgIpc) is 1.37. The predicted octanol–water partition coefficient (Wildman–Crippen LogP) is -0.778. The molecule has 0 aliphatic carbocycles. The molecule has 0 saturated carbocycles. The Bertz CT molecular complexity index is 44.0. The molecule has 0 aromatic rings. The van der Waals surface area contributed by atoms with Gasteiger partial charge in [-0.1, -0.05) is 0 Å². The van der Waals surface area contributed by atoms with E-state index in [2.05, 4.69) is 3.53 Å². The minimum atomic E-state index is -0.626. The van der Waals surface area contributed by atoms with Gasteiger partial charge in [-0.2, -0.15) is 0 Å². The van der Waals surface area contributed by atoms with E-state index in [0.717, 1.165) is 0 Å². The van der Waals surface area contributed by atoms with Gasteiger partial charge in [0.2, 0.25) is 0 Å². The summed E-state index contributed by atoms with van der Waals surface area (Å²) in [5, 5.41) is 0. The van der Waals surface area contributed by atoms with E-state index in [9.17, 15) is 0 Å². The number of hydrogen-bond acceptors (Lipinski definition) is 1. The fraction of sp³-hybridized carbons (Fsp3) is 0. The standard InChI is InChI=1S/CH3N.CH2.U/c1-2;;/h1H,2H2;1H2;. The molecule has 0 aromatic carbocycles. The van der Waals surface area contributed by atoms with Gasteiger partial charge in [0.15, 0.2) is 0 Å². The van der Waals surface area contributed by atoms with Gasteiger partial charge in [-0.25, -0.2) is 0 Å². The van der Waals surface area contributed by atoms with Crippen molar-refractivity contribution in [1.82, 2.24) is 0 Å². The van der Waals surface area contributed by atoms with Crippen LogP contribution >= 0.6 is 0 Å². The molecule has 0 heterocycles. The summed E-state index contributed by atoms with van der Waals surface area (Å²) in [6.07, 6.45) is 0. The summed E-state index contributed by atoms with van der Waals surface area (Å²) >= 11 is -0.626. The summed E-state index contributed by atoms with van der Waals surface area (Å²) in [6.45, 7) is 0. The van der Waals surface area contributed by atoms with Crippen LogP contribution in [0, 0.1) is 26.7 Å². The maximum atomic E-state index is 4.93. The van der Waals surface area contributed by atoms with Crippen LogP contribution in [0.2, 0.25) is 0 Å². The van der Waals surface area contributed by atoms with Crippen molar-refractivity contribution in [2.24, 2.45) is 5.73 Å². The van der Waals surface area contributed by atoms with Gasteiger partial charge in [0.1, 0.15) is 0 Å². The molecule has 0 radical (unpaired) electrons. The average molecular weight is 281 g/mol. The Labute approximate surface area is 39.2 Å². The van der Waals surface area contributed by atoms with Crippen LogP contribution in [0.1, 0.15) is 0 Å². The Hall–Kier alpha value is 0.752. The summed E-state index contributed by atoms with van der Waals surface area (Å²) in [5.41, 5.74) is 4.93. The number of hydrogen-bond donors (Lipinski definition) is 1. The summed E-state index contributed by atoms with van der Waals surface area (Å²) in [6, 6.07) is 0. The Morgan fingerprint density at radius 2 is 2.25 bits per heavy atom. The summed E-state index contributed by atoms with van der Waals surface area (Å²) < 4.78 is 5.36. The molecule has 0 fully saturated rings. The molecule has 0 unspecified atom stereocenters. The number of rotatable bonds is 0. The predicted molar refractivity (Wildman–Crippen MR) is 17.4 cm³/mol. The van der Waals surface area contributed by atoms with Crippen LogP contribution in [0.25, 0.3) is 0 Å². The molecule has 4 heavy (non-hydrogen) atoms. The van der Waals surface area contributed by atoms with Crippen LogP contribution in [0.15, 0.2) is 0 Å². The maximum absolute atomic E-state index is 4.93. The van der Waals surface area contributed by atoms with Crippen LogP contribution in [0.5, 0.6) is 0 Å². The molecule has 0 aromatic heterocycles. The van der Waals surface area contributed by atoms with Gasteiger partial charge in [0.25, 0.3) is 0 Å². The summed E-state index contributed by atoms with van der Waals surface area (Å²) in [5.74, 6) is 0. The molecular weight excluding hydrogens is 276 g/mol. The van der Waals surface area contributed by atoms with Crippen LogP contribution in [-0.2, 0) is 0 Å². The minimum absolute atomic E-state index is 0.626. The Kier molecular flexibility index (Phi) is 4.46. The van der Waals surface area contributed by atoms with Gasteiger partial charge in [0, 0.05) is 0 Å². The van der Waals surface area contributed by atoms with Crippen molar-refractivity contribution >= 4 is 6.68 Å². The molecule has 0 aliphatic heterocycles. The van der Waals surface area contributed by atoms with E-state index in [-0.39, 0.29) is 0 Å². The number of nitrogens with two attached hydrogens (primary N) is 1. The molecule has 0 spiro atoms. The zero-order valence-electron chi connectivity index (χ0n) is 2.36. The molecule has 0 aliphatic rings. The van der Waals surface area contributed by atoms with Gasteiger partial charge >= 0.3 is 39.1 Å². The third kappa shape index (κ3) is 2.75. The van der Waals surface area contributed by atoms with Gasteiger partial charge < -0.3 is 0 Å². The first-order chi connectivity index (χ1) is 1.91. The Balaban J connectivity index is 3.11. The fourth-order valence-electron chi connectivity index (χ4n) is 0. The van der Waals surface area contributed by atoms with Crippen molar-refractivity contribution < 1.29 is 26.7 Å². The van der Waals surface area contributed by atoms with Crippen molar-refractivity contribution in [3.05, 3.63) is 0 Å². The molecule has 0 bridgehead atoms. The van der Waals surface area contributed by atoms with Gasteiger partial charge in [-0.3, -0.25) is 0 Å². The summed E-state index contributed by atoms with van der Waals surface area (Å²) in [4.78, 5) is 0. The third-order valence-electron chi connectivity index (χ3n) is 0.118. The van der Waals surface area contributed by atoms with E-state index in [1.54, 1.807) is 3.15 Å². The Morgan fingerprint density at radius 1 is 2.00 bits per heavy atom. The van der Waals surface area contributed by atoms with Crippen molar-refractivity contribution in [2.45, 2.75) is 0 Å². The molecule has 0 rings (SSSR count). The van der Waals surface area contributed by atoms with E-state index in [1.165, 1.54) is 0 Å². The SMILES string of the molecule is [CH2]=[U]=[CH]N. The Morgan fingerprint density at radius 3 is 2.25 bits per heavy atom.